The van der Waals surface area contributed by atoms with Gasteiger partial charge >= 0.3 is 0 Å². The lowest BCUT2D eigenvalue weighted by molar-refractivity contribution is -0.133. The minimum Gasteiger partial charge on any atom is -0.338 e. The van der Waals surface area contributed by atoms with Crippen LogP contribution in [0.3, 0.4) is 0 Å². The Kier molecular flexibility index (Phi) is 4.14. The van der Waals surface area contributed by atoms with Crippen LogP contribution in [0.1, 0.15) is 56.9 Å². The number of nitrogens with zero attached hydrogens (tertiary/aromatic N) is 1. The third kappa shape index (κ3) is 2.91. The van der Waals surface area contributed by atoms with E-state index < -0.39 is 0 Å². The van der Waals surface area contributed by atoms with Crippen molar-refractivity contribution in [2.45, 2.75) is 69.5 Å². The van der Waals surface area contributed by atoms with E-state index in [1.54, 1.807) is 0 Å². The third-order valence-corrected chi connectivity index (χ3v) is 6.29. The summed E-state index contributed by atoms with van der Waals surface area (Å²) in [6.07, 6.45) is 7.39. The van der Waals surface area contributed by atoms with Crippen molar-refractivity contribution in [3.8, 4) is 0 Å². The van der Waals surface area contributed by atoms with Crippen LogP contribution in [-0.4, -0.2) is 35.5 Å². The molecule has 2 saturated heterocycles. The summed E-state index contributed by atoms with van der Waals surface area (Å²) < 4.78 is 0. The van der Waals surface area contributed by atoms with Crippen LogP contribution in [-0.2, 0) is 4.79 Å². The van der Waals surface area contributed by atoms with E-state index in [-0.39, 0.29) is 6.04 Å². The monoisotopic (exact) mass is 312 g/mol. The van der Waals surface area contributed by atoms with Gasteiger partial charge in [-0.05, 0) is 44.1 Å². The number of hydrogen-bond acceptors (Lipinski definition) is 2. The molecule has 1 aromatic rings. The summed E-state index contributed by atoms with van der Waals surface area (Å²) in [5.41, 5.74) is 1.38. The van der Waals surface area contributed by atoms with Gasteiger partial charge in [0.05, 0.1) is 6.04 Å². The Labute approximate surface area is 139 Å². The molecule has 0 radical (unpaired) electrons. The zero-order valence-electron chi connectivity index (χ0n) is 14.1. The van der Waals surface area contributed by atoms with E-state index in [9.17, 15) is 4.79 Å². The van der Waals surface area contributed by atoms with Crippen LogP contribution in [0.2, 0.25) is 0 Å². The first-order valence-corrected chi connectivity index (χ1v) is 9.34. The molecule has 3 heteroatoms. The van der Waals surface area contributed by atoms with Gasteiger partial charge in [-0.15, -0.1) is 0 Å². The number of likely N-dealkylation sites (tertiary alicyclic amines) is 1. The summed E-state index contributed by atoms with van der Waals surface area (Å²) in [4.78, 5) is 15.2. The van der Waals surface area contributed by atoms with Gasteiger partial charge in [-0.25, -0.2) is 0 Å². The first-order valence-electron chi connectivity index (χ1n) is 9.34. The standard InChI is InChI=1S/C20H28N2O/c1-14-11-17(15-7-3-2-4-8-15)13-22(14)20(23)19-12-16-9-5-6-10-18(16)21-19/h2-4,7-8,14,16-19,21H,5-6,9-13H2,1H3. The van der Waals surface area contributed by atoms with Crippen molar-refractivity contribution in [1.82, 2.24) is 10.2 Å². The first kappa shape index (κ1) is 15.2. The van der Waals surface area contributed by atoms with Gasteiger partial charge in [-0.1, -0.05) is 43.2 Å². The van der Waals surface area contributed by atoms with Gasteiger partial charge in [0.15, 0.2) is 0 Å². The normalized spacial score (nSPS) is 36.9. The minimum atomic E-state index is 0.0695. The number of fused-ring (bicyclic) bond motifs is 1. The summed E-state index contributed by atoms with van der Waals surface area (Å²) in [6.45, 7) is 3.10. The Morgan fingerprint density at radius 1 is 1.13 bits per heavy atom. The van der Waals surface area contributed by atoms with Crippen LogP contribution in [0.25, 0.3) is 0 Å². The Balaban J connectivity index is 1.43. The topological polar surface area (TPSA) is 32.3 Å². The molecule has 1 saturated carbocycles. The smallest absolute Gasteiger partial charge is 0.239 e. The highest BCUT2D eigenvalue weighted by Gasteiger charge is 2.42. The quantitative estimate of drug-likeness (QED) is 0.908. The van der Waals surface area contributed by atoms with Gasteiger partial charge in [0.1, 0.15) is 0 Å². The van der Waals surface area contributed by atoms with E-state index >= 15 is 0 Å². The van der Waals surface area contributed by atoms with Crippen molar-refractivity contribution in [3.63, 3.8) is 0 Å². The van der Waals surface area contributed by atoms with Gasteiger partial charge in [-0.3, -0.25) is 4.79 Å². The van der Waals surface area contributed by atoms with Crippen molar-refractivity contribution in [1.29, 1.82) is 0 Å². The van der Waals surface area contributed by atoms with E-state index in [1.807, 2.05) is 0 Å². The van der Waals surface area contributed by atoms with Gasteiger partial charge < -0.3 is 10.2 Å². The zero-order valence-corrected chi connectivity index (χ0v) is 14.1. The molecule has 2 heterocycles. The average Bonchev–Trinajstić information content (AvgIpc) is 3.18. The van der Waals surface area contributed by atoms with Gasteiger partial charge in [0, 0.05) is 24.5 Å². The summed E-state index contributed by atoms with van der Waals surface area (Å²) >= 11 is 0. The molecule has 3 aliphatic rings. The lowest BCUT2D eigenvalue weighted by Gasteiger charge is -2.26. The maximum atomic E-state index is 13.0. The molecular weight excluding hydrogens is 284 g/mol. The second kappa shape index (κ2) is 6.27. The van der Waals surface area contributed by atoms with Crippen molar-refractivity contribution >= 4 is 5.91 Å². The predicted octanol–water partition coefficient (Wildman–Crippen LogP) is 3.31. The van der Waals surface area contributed by atoms with Crippen molar-refractivity contribution in [2.75, 3.05) is 6.54 Å². The molecule has 0 aromatic heterocycles. The molecule has 0 bridgehead atoms. The van der Waals surface area contributed by atoms with Crippen LogP contribution in [0, 0.1) is 5.92 Å². The molecule has 1 aliphatic carbocycles. The Hall–Kier alpha value is -1.35. The third-order valence-electron chi connectivity index (χ3n) is 6.29. The molecule has 5 unspecified atom stereocenters. The summed E-state index contributed by atoms with van der Waals surface area (Å²) in [6, 6.07) is 11.7. The molecule has 5 atom stereocenters. The van der Waals surface area contributed by atoms with E-state index in [2.05, 4.69) is 47.5 Å². The SMILES string of the molecule is CC1CC(c2ccccc2)CN1C(=O)C1CC2CCCCC2N1. The van der Waals surface area contributed by atoms with Crippen LogP contribution in [0.15, 0.2) is 30.3 Å². The molecule has 0 spiro atoms. The number of rotatable bonds is 2. The van der Waals surface area contributed by atoms with Crippen LogP contribution >= 0.6 is 0 Å². The highest BCUT2D eigenvalue weighted by Crippen LogP contribution is 2.36. The number of hydrogen-bond donors (Lipinski definition) is 1. The maximum absolute atomic E-state index is 13.0. The lowest BCUT2D eigenvalue weighted by Crippen LogP contribution is -2.46. The molecular formula is C20H28N2O. The van der Waals surface area contributed by atoms with E-state index in [1.165, 1.54) is 31.2 Å². The molecule has 23 heavy (non-hydrogen) atoms. The lowest BCUT2D eigenvalue weighted by atomic mass is 9.85. The minimum absolute atomic E-state index is 0.0695. The maximum Gasteiger partial charge on any atom is 0.239 e. The molecule has 1 amide bonds. The van der Waals surface area contributed by atoms with E-state index in [0.29, 0.717) is 23.9 Å². The Morgan fingerprint density at radius 2 is 1.91 bits per heavy atom. The summed E-state index contributed by atoms with van der Waals surface area (Å²) in [5.74, 6) is 1.59. The molecule has 4 rings (SSSR count). The van der Waals surface area contributed by atoms with Gasteiger partial charge in [0.25, 0.3) is 0 Å². The Bertz CT molecular complexity index is 544. The summed E-state index contributed by atoms with van der Waals surface area (Å²) in [5, 5.41) is 3.65. The fourth-order valence-electron chi connectivity index (χ4n) is 5.02. The Morgan fingerprint density at radius 3 is 2.70 bits per heavy atom. The number of nitrogens with one attached hydrogen (secondary N) is 1. The fourth-order valence-corrected chi connectivity index (χ4v) is 5.02. The van der Waals surface area contributed by atoms with Crippen molar-refractivity contribution in [3.05, 3.63) is 35.9 Å². The highest BCUT2D eigenvalue weighted by molar-refractivity contribution is 5.83. The second-order valence-corrected chi connectivity index (χ2v) is 7.79. The van der Waals surface area contributed by atoms with Gasteiger partial charge in [-0.2, -0.15) is 0 Å². The molecule has 2 aliphatic heterocycles. The molecule has 1 N–H and O–H groups in total. The fraction of sp³-hybridized carbons (Fsp3) is 0.650. The number of amides is 1. The van der Waals surface area contributed by atoms with Crippen LogP contribution in [0.4, 0.5) is 0 Å². The molecule has 124 valence electrons. The second-order valence-electron chi connectivity index (χ2n) is 7.79. The predicted molar refractivity (Wildman–Crippen MR) is 92.3 cm³/mol. The van der Waals surface area contributed by atoms with Crippen LogP contribution in [0.5, 0.6) is 0 Å². The molecule has 3 fully saturated rings. The van der Waals surface area contributed by atoms with Gasteiger partial charge in [0.2, 0.25) is 5.91 Å². The van der Waals surface area contributed by atoms with Crippen molar-refractivity contribution < 1.29 is 4.79 Å². The molecule has 3 nitrogen and oxygen atoms in total. The number of carbonyl (C=O) groups is 1. The largest absolute Gasteiger partial charge is 0.338 e. The number of carbonyl (C=O) groups excluding carboxylic acids is 1. The number of benzene rings is 1. The zero-order chi connectivity index (χ0) is 15.8. The van der Waals surface area contributed by atoms with E-state index in [0.717, 1.165) is 25.3 Å². The van der Waals surface area contributed by atoms with Crippen molar-refractivity contribution in [2.24, 2.45) is 5.92 Å². The highest BCUT2D eigenvalue weighted by atomic mass is 16.2. The van der Waals surface area contributed by atoms with E-state index in [4.69, 9.17) is 0 Å². The van der Waals surface area contributed by atoms with Crippen LogP contribution < -0.4 is 5.32 Å². The summed E-state index contributed by atoms with van der Waals surface area (Å²) in [7, 11) is 0. The average molecular weight is 312 g/mol. The first-order chi connectivity index (χ1) is 11.2. The molecule has 1 aromatic carbocycles.